The van der Waals surface area contributed by atoms with Gasteiger partial charge in [-0.05, 0) is 77.9 Å². The molecule has 5 heteroatoms. The molecular weight excluding hydrogens is 416 g/mol. The van der Waals surface area contributed by atoms with Gasteiger partial charge in [-0.2, -0.15) is 5.26 Å². The quantitative estimate of drug-likeness (QED) is 0.291. The number of para-hydroxylation sites is 1. The van der Waals surface area contributed by atoms with E-state index < -0.39 is 11.6 Å². The maximum Gasteiger partial charge on any atom is 0.165 e. The summed E-state index contributed by atoms with van der Waals surface area (Å²) < 4.78 is 35.2. The van der Waals surface area contributed by atoms with E-state index in [0.717, 1.165) is 18.4 Å². The van der Waals surface area contributed by atoms with Crippen molar-refractivity contribution >= 4 is 22.7 Å². The summed E-state index contributed by atoms with van der Waals surface area (Å²) in [4.78, 5) is 0. The Balaban J connectivity index is 1.70. The van der Waals surface area contributed by atoms with E-state index in [1.165, 1.54) is 24.3 Å². The molecule has 0 atom stereocenters. The fourth-order valence-electron chi connectivity index (χ4n) is 3.32. The van der Waals surface area contributed by atoms with Gasteiger partial charge in [0.05, 0.1) is 11.6 Å². The third-order valence-corrected chi connectivity index (χ3v) is 5.25. The van der Waals surface area contributed by atoms with Gasteiger partial charge in [-0.3, -0.25) is 0 Å². The summed E-state index contributed by atoms with van der Waals surface area (Å²) in [5, 5.41) is 10.2. The molecule has 0 heterocycles. The van der Waals surface area contributed by atoms with E-state index in [9.17, 15) is 9.65 Å². The topological polar surface area (TPSA) is 33.0 Å². The van der Waals surface area contributed by atoms with Gasteiger partial charge < -0.3 is 4.74 Å². The van der Waals surface area contributed by atoms with Crippen LogP contribution in [-0.4, -0.2) is 0 Å². The molecule has 3 aromatic rings. The number of hydrogen-bond donors (Lipinski definition) is 0. The van der Waals surface area contributed by atoms with Crippen LogP contribution in [0.5, 0.6) is 11.5 Å². The average molecular weight is 434 g/mol. The van der Waals surface area contributed by atoms with Gasteiger partial charge in [0.2, 0.25) is 0 Å². The lowest BCUT2D eigenvalue weighted by Gasteiger charge is -2.10. The van der Waals surface area contributed by atoms with Crippen LogP contribution in [0.2, 0.25) is 5.02 Å². The third kappa shape index (κ3) is 5.02. The van der Waals surface area contributed by atoms with E-state index in [1.54, 1.807) is 48.5 Å². The van der Waals surface area contributed by atoms with Crippen molar-refractivity contribution in [3.05, 3.63) is 107 Å². The Morgan fingerprint density at radius 3 is 2.32 bits per heavy atom. The summed E-state index contributed by atoms with van der Waals surface area (Å²) in [6, 6.07) is 21.8. The number of benzene rings is 3. The van der Waals surface area contributed by atoms with E-state index in [2.05, 4.69) is 0 Å². The minimum atomic E-state index is -0.569. The van der Waals surface area contributed by atoms with E-state index in [-0.39, 0.29) is 17.2 Å². The summed E-state index contributed by atoms with van der Waals surface area (Å²) in [6.45, 7) is 0. The van der Waals surface area contributed by atoms with E-state index in [1.807, 2.05) is 12.1 Å². The van der Waals surface area contributed by atoms with Gasteiger partial charge in [0.15, 0.2) is 11.6 Å². The Hall–Kier alpha value is -3.42. The van der Waals surface area contributed by atoms with Crippen molar-refractivity contribution in [1.29, 1.82) is 5.26 Å². The predicted molar refractivity (Wildman–Crippen MR) is 119 cm³/mol. The van der Waals surface area contributed by atoms with Crippen molar-refractivity contribution < 1.29 is 13.5 Å². The zero-order chi connectivity index (χ0) is 21.8. The zero-order valence-corrected chi connectivity index (χ0v) is 17.2. The molecule has 1 aliphatic rings. The Bertz CT molecular complexity index is 1190. The molecule has 2 nitrogen and oxygen atoms in total. The van der Waals surface area contributed by atoms with Crippen molar-refractivity contribution in [2.75, 3.05) is 0 Å². The molecule has 0 amide bonds. The number of allylic oxidation sites excluding steroid dienone is 4. The Kier molecular flexibility index (Phi) is 6.16. The smallest absolute Gasteiger partial charge is 0.165 e. The highest BCUT2D eigenvalue weighted by molar-refractivity contribution is 6.30. The highest BCUT2D eigenvalue weighted by Gasteiger charge is 2.29. The average Bonchev–Trinajstić information content (AvgIpc) is 3.61. The largest absolute Gasteiger partial charge is 0.454 e. The molecule has 1 saturated carbocycles. The fraction of sp³-hybridized carbons (Fsp3) is 0.115. The van der Waals surface area contributed by atoms with Crippen LogP contribution in [0.25, 0.3) is 11.1 Å². The van der Waals surface area contributed by atoms with Gasteiger partial charge in [0, 0.05) is 5.02 Å². The molecule has 31 heavy (non-hydrogen) atoms. The zero-order valence-electron chi connectivity index (χ0n) is 16.5. The molecule has 0 aliphatic heterocycles. The van der Waals surface area contributed by atoms with Crippen LogP contribution in [0.3, 0.4) is 0 Å². The number of halogens is 3. The molecule has 1 aliphatic carbocycles. The number of rotatable bonds is 6. The molecule has 1 fully saturated rings. The summed E-state index contributed by atoms with van der Waals surface area (Å²) in [5.74, 6) is -0.500. The maximum atomic E-state index is 15.3. The fourth-order valence-corrected chi connectivity index (χ4v) is 3.45. The van der Waals surface area contributed by atoms with Gasteiger partial charge in [-0.25, -0.2) is 8.78 Å². The second-order valence-corrected chi connectivity index (χ2v) is 7.71. The molecule has 4 rings (SSSR count). The first-order valence-corrected chi connectivity index (χ1v) is 10.2. The summed E-state index contributed by atoms with van der Waals surface area (Å²) >= 11 is 5.96. The Morgan fingerprint density at radius 2 is 1.68 bits per heavy atom. The lowest BCUT2D eigenvalue weighted by atomic mass is 9.98. The molecule has 0 N–H and O–H groups in total. The first kappa shape index (κ1) is 20.8. The lowest BCUT2D eigenvalue weighted by molar-refractivity contribution is 0.442. The van der Waals surface area contributed by atoms with Crippen LogP contribution >= 0.6 is 11.6 Å². The van der Waals surface area contributed by atoms with Crippen molar-refractivity contribution in [3.8, 4) is 17.6 Å². The van der Waals surface area contributed by atoms with Gasteiger partial charge >= 0.3 is 0 Å². The molecular formula is C26H18ClF2NO. The monoisotopic (exact) mass is 433 g/mol. The molecule has 154 valence electrons. The number of ether oxygens (including phenoxy) is 1. The molecule has 3 aromatic carbocycles. The first-order valence-electron chi connectivity index (χ1n) is 9.85. The highest BCUT2D eigenvalue weighted by atomic mass is 35.5. The van der Waals surface area contributed by atoms with Gasteiger partial charge in [-0.1, -0.05) is 48.0 Å². The van der Waals surface area contributed by atoms with Crippen molar-refractivity contribution in [2.24, 2.45) is 5.92 Å². The molecule has 0 aromatic heterocycles. The first-order chi connectivity index (χ1) is 15.0. The lowest BCUT2D eigenvalue weighted by Crippen LogP contribution is -1.93. The van der Waals surface area contributed by atoms with Crippen molar-refractivity contribution in [3.63, 3.8) is 0 Å². The summed E-state index contributed by atoms with van der Waals surface area (Å²) in [6.07, 6.45) is 3.00. The highest BCUT2D eigenvalue weighted by Crippen LogP contribution is 2.45. The van der Waals surface area contributed by atoms with Gasteiger partial charge in [0.25, 0.3) is 0 Å². The minimum absolute atomic E-state index is 0.0330. The van der Waals surface area contributed by atoms with E-state index in [4.69, 9.17) is 16.3 Å². The van der Waals surface area contributed by atoms with Crippen LogP contribution in [0.4, 0.5) is 8.78 Å². The van der Waals surface area contributed by atoms with Crippen LogP contribution in [0, 0.1) is 23.1 Å². The van der Waals surface area contributed by atoms with Crippen molar-refractivity contribution in [2.45, 2.75) is 12.8 Å². The minimum Gasteiger partial charge on any atom is -0.454 e. The maximum absolute atomic E-state index is 15.3. The standard InChI is InChI=1S/C26H18ClF2NO/c27-21-11-8-18(9-12-21)26(17-6-7-17)24(29)14-20(16-30)19-10-13-23(28)25(15-19)31-22-4-2-1-3-5-22/h1-5,8-15,17H,6-7H2. The van der Waals surface area contributed by atoms with Gasteiger partial charge in [0.1, 0.15) is 11.6 Å². The number of nitriles is 1. The molecule has 0 saturated heterocycles. The number of hydrogen-bond acceptors (Lipinski definition) is 2. The molecule has 0 radical (unpaired) electrons. The SMILES string of the molecule is N#CC(=CC(F)=C(c1ccc(Cl)cc1)C1CC1)c1ccc(F)c(Oc2ccccc2)c1. The molecule has 0 unspecified atom stereocenters. The number of nitrogens with zero attached hydrogens (tertiary/aromatic N) is 1. The molecule has 0 spiro atoms. The van der Waals surface area contributed by atoms with E-state index in [0.29, 0.717) is 21.9 Å². The van der Waals surface area contributed by atoms with E-state index >= 15 is 4.39 Å². The van der Waals surface area contributed by atoms with Crippen molar-refractivity contribution in [1.82, 2.24) is 0 Å². The second-order valence-electron chi connectivity index (χ2n) is 7.27. The predicted octanol–water partition coefficient (Wildman–Crippen LogP) is 7.97. The summed E-state index contributed by atoms with van der Waals surface area (Å²) in [7, 11) is 0. The van der Waals surface area contributed by atoms with Crippen LogP contribution in [0.15, 0.2) is 84.7 Å². The third-order valence-electron chi connectivity index (χ3n) is 5.00. The summed E-state index contributed by atoms with van der Waals surface area (Å²) in [5.41, 5.74) is 1.76. The Labute approximate surface area is 184 Å². The van der Waals surface area contributed by atoms with Crippen LogP contribution in [0.1, 0.15) is 24.0 Å². The molecule has 0 bridgehead atoms. The van der Waals surface area contributed by atoms with Crippen LogP contribution < -0.4 is 4.74 Å². The second kappa shape index (κ2) is 9.16. The Morgan fingerprint density at radius 1 is 1.00 bits per heavy atom. The van der Waals surface area contributed by atoms with Gasteiger partial charge in [-0.15, -0.1) is 0 Å². The normalized spacial score (nSPS) is 14.6. The van der Waals surface area contributed by atoms with Crippen LogP contribution in [-0.2, 0) is 0 Å².